The van der Waals surface area contributed by atoms with Crippen molar-refractivity contribution in [2.45, 2.75) is 6.92 Å². The largest absolute Gasteiger partial charge is 0.381 e. The van der Waals surface area contributed by atoms with Crippen molar-refractivity contribution in [3.63, 3.8) is 0 Å². The van der Waals surface area contributed by atoms with Crippen LogP contribution in [0.1, 0.15) is 17.3 Å². The number of carbonyl (C=O) groups excluding carboxylic acids is 1. The van der Waals surface area contributed by atoms with Crippen LogP contribution >= 0.6 is 0 Å². The average molecular weight is 193 g/mol. The van der Waals surface area contributed by atoms with Gasteiger partial charge in [-0.05, 0) is 25.1 Å². The molecule has 1 aromatic rings. The van der Waals surface area contributed by atoms with Gasteiger partial charge in [0.15, 0.2) is 5.78 Å². The van der Waals surface area contributed by atoms with E-state index in [-0.39, 0.29) is 5.78 Å². The summed E-state index contributed by atoms with van der Waals surface area (Å²) in [5.74, 6) is -0.560. The monoisotopic (exact) mass is 193 g/mol. The van der Waals surface area contributed by atoms with Crippen LogP contribution in [-0.2, 0) is 0 Å². The molecule has 0 fully saturated rings. The minimum absolute atomic E-state index is 0.156. The Morgan fingerprint density at radius 1 is 1.64 bits per heavy atom. The van der Waals surface area contributed by atoms with E-state index in [1.54, 1.807) is 12.1 Å². The number of Topliss-reactive ketones (excluding diaryl/α,β-unsaturated/α-hetero) is 1. The lowest BCUT2D eigenvalue weighted by molar-refractivity contribution is 0.101. The van der Waals surface area contributed by atoms with Crippen LogP contribution in [0.4, 0.5) is 10.1 Å². The van der Waals surface area contributed by atoms with Crippen molar-refractivity contribution in [2.24, 2.45) is 0 Å². The van der Waals surface area contributed by atoms with Gasteiger partial charge in [0.2, 0.25) is 0 Å². The summed E-state index contributed by atoms with van der Waals surface area (Å²) in [5.41, 5.74) is 1.01. The van der Waals surface area contributed by atoms with E-state index in [4.69, 9.17) is 0 Å². The Labute approximate surface area is 82.4 Å². The molecule has 0 heterocycles. The fourth-order valence-corrected chi connectivity index (χ4v) is 1.14. The Bertz CT molecular complexity index is 360. The first-order chi connectivity index (χ1) is 6.65. The van der Waals surface area contributed by atoms with Crippen molar-refractivity contribution >= 4 is 11.5 Å². The van der Waals surface area contributed by atoms with Gasteiger partial charge in [-0.1, -0.05) is 6.08 Å². The molecule has 1 N–H and O–H groups in total. The molecule has 0 aromatic heterocycles. The van der Waals surface area contributed by atoms with Gasteiger partial charge in [-0.3, -0.25) is 4.79 Å². The highest BCUT2D eigenvalue weighted by atomic mass is 19.1. The second-order valence-electron chi connectivity index (χ2n) is 2.92. The Hall–Kier alpha value is -1.64. The third-order valence-electron chi connectivity index (χ3n) is 1.80. The Balaban J connectivity index is 3.01. The molecule has 74 valence electrons. The van der Waals surface area contributed by atoms with Gasteiger partial charge < -0.3 is 5.32 Å². The van der Waals surface area contributed by atoms with Crippen LogP contribution in [0.25, 0.3) is 0 Å². The minimum Gasteiger partial charge on any atom is -0.381 e. The number of ketones is 1. The SMILES string of the molecule is C=CCNc1ccc(F)cc1C(C)=O. The number of rotatable bonds is 4. The molecule has 1 rings (SSSR count). The van der Waals surface area contributed by atoms with Gasteiger partial charge in [0.25, 0.3) is 0 Å². The van der Waals surface area contributed by atoms with Crippen LogP contribution < -0.4 is 5.32 Å². The van der Waals surface area contributed by atoms with Crippen molar-refractivity contribution in [3.8, 4) is 0 Å². The van der Waals surface area contributed by atoms with E-state index in [9.17, 15) is 9.18 Å². The predicted octanol–water partition coefficient (Wildman–Crippen LogP) is 2.63. The van der Waals surface area contributed by atoms with E-state index < -0.39 is 5.82 Å². The Kier molecular flexibility index (Phi) is 3.40. The van der Waals surface area contributed by atoms with Crippen LogP contribution in [-0.4, -0.2) is 12.3 Å². The van der Waals surface area contributed by atoms with Crippen molar-refractivity contribution in [1.82, 2.24) is 0 Å². The van der Waals surface area contributed by atoms with Crippen molar-refractivity contribution in [3.05, 3.63) is 42.2 Å². The third kappa shape index (κ3) is 2.42. The molecule has 0 radical (unpaired) electrons. The van der Waals surface area contributed by atoms with Gasteiger partial charge in [0.05, 0.1) is 0 Å². The van der Waals surface area contributed by atoms with Crippen LogP contribution in [0, 0.1) is 5.82 Å². The van der Waals surface area contributed by atoms with Crippen molar-refractivity contribution in [1.29, 1.82) is 0 Å². The standard InChI is InChI=1S/C11H12FNO/c1-3-6-13-11-5-4-9(12)7-10(11)8(2)14/h3-5,7,13H,1,6H2,2H3. The molecule has 0 amide bonds. The maximum Gasteiger partial charge on any atom is 0.161 e. The molecule has 0 saturated heterocycles. The zero-order chi connectivity index (χ0) is 10.6. The lowest BCUT2D eigenvalue weighted by Crippen LogP contribution is -2.04. The molecule has 1 aromatic carbocycles. The van der Waals surface area contributed by atoms with Gasteiger partial charge >= 0.3 is 0 Å². The normalized spacial score (nSPS) is 9.57. The van der Waals surface area contributed by atoms with Gasteiger partial charge in [-0.15, -0.1) is 6.58 Å². The smallest absolute Gasteiger partial charge is 0.161 e. The zero-order valence-corrected chi connectivity index (χ0v) is 8.01. The van der Waals surface area contributed by atoms with Crippen LogP contribution in [0.5, 0.6) is 0 Å². The number of hydrogen-bond donors (Lipinski definition) is 1. The summed E-state index contributed by atoms with van der Waals surface area (Å²) in [6, 6.07) is 4.10. The highest BCUT2D eigenvalue weighted by Gasteiger charge is 2.07. The summed E-state index contributed by atoms with van der Waals surface area (Å²) in [6.07, 6.45) is 1.67. The van der Waals surface area contributed by atoms with E-state index in [1.165, 1.54) is 19.1 Å². The van der Waals surface area contributed by atoms with E-state index in [0.717, 1.165) is 0 Å². The van der Waals surface area contributed by atoms with Crippen LogP contribution in [0.15, 0.2) is 30.9 Å². The maximum atomic E-state index is 12.8. The molecular weight excluding hydrogens is 181 g/mol. The molecular formula is C11H12FNO. The second kappa shape index (κ2) is 4.56. The molecule has 0 aliphatic carbocycles. The summed E-state index contributed by atoms with van der Waals surface area (Å²) in [7, 11) is 0. The summed E-state index contributed by atoms with van der Waals surface area (Å²) in [6.45, 7) is 5.50. The van der Waals surface area contributed by atoms with E-state index in [1.807, 2.05) is 0 Å². The highest BCUT2D eigenvalue weighted by molar-refractivity contribution is 5.99. The van der Waals surface area contributed by atoms with E-state index in [0.29, 0.717) is 17.8 Å². The molecule has 3 heteroatoms. The van der Waals surface area contributed by atoms with Crippen molar-refractivity contribution < 1.29 is 9.18 Å². The summed E-state index contributed by atoms with van der Waals surface area (Å²) >= 11 is 0. The average Bonchev–Trinajstić information content (AvgIpc) is 2.15. The molecule has 0 unspecified atom stereocenters. The molecule has 0 bridgehead atoms. The molecule has 0 atom stereocenters. The number of nitrogens with one attached hydrogen (secondary N) is 1. The minimum atomic E-state index is -0.403. The number of anilines is 1. The molecule has 14 heavy (non-hydrogen) atoms. The Morgan fingerprint density at radius 3 is 2.93 bits per heavy atom. The molecule has 0 aliphatic rings. The number of carbonyl (C=O) groups is 1. The first kappa shape index (κ1) is 10.4. The molecule has 0 saturated carbocycles. The third-order valence-corrected chi connectivity index (χ3v) is 1.80. The van der Waals surface area contributed by atoms with E-state index >= 15 is 0 Å². The van der Waals surface area contributed by atoms with Crippen LogP contribution in [0.2, 0.25) is 0 Å². The Morgan fingerprint density at radius 2 is 2.36 bits per heavy atom. The molecule has 0 spiro atoms. The van der Waals surface area contributed by atoms with Crippen molar-refractivity contribution in [2.75, 3.05) is 11.9 Å². The first-order valence-corrected chi connectivity index (χ1v) is 4.30. The second-order valence-corrected chi connectivity index (χ2v) is 2.92. The molecule has 0 aliphatic heterocycles. The molecule has 2 nitrogen and oxygen atoms in total. The lowest BCUT2D eigenvalue weighted by atomic mass is 10.1. The van der Waals surface area contributed by atoms with Gasteiger partial charge in [-0.25, -0.2) is 4.39 Å². The van der Waals surface area contributed by atoms with E-state index in [2.05, 4.69) is 11.9 Å². The number of halogens is 1. The van der Waals surface area contributed by atoms with Gasteiger partial charge in [0.1, 0.15) is 5.82 Å². The topological polar surface area (TPSA) is 29.1 Å². The summed E-state index contributed by atoms with van der Waals surface area (Å²) in [5, 5.41) is 2.97. The first-order valence-electron chi connectivity index (χ1n) is 4.30. The fraction of sp³-hybridized carbons (Fsp3) is 0.182. The number of hydrogen-bond acceptors (Lipinski definition) is 2. The predicted molar refractivity (Wildman–Crippen MR) is 55.1 cm³/mol. The summed E-state index contributed by atoms with van der Waals surface area (Å²) < 4.78 is 12.8. The fourth-order valence-electron chi connectivity index (χ4n) is 1.14. The maximum absolute atomic E-state index is 12.8. The van der Waals surface area contributed by atoms with Crippen LogP contribution in [0.3, 0.4) is 0 Å². The lowest BCUT2D eigenvalue weighted by Gasteiger charge is -2.07. The highest BCUT2D eigenvalue weighted by Crippen LogP contribution is 2.17. The summed E-state index contributed by atoms with van der Waals surface area (Å²) in [4.78, 5) is 11.1. The quantitative estimate of drug-likeness (QED) is 0.588. The van der Waals surface area contributed by atoms with Gasteiger partial charge in [-0.2, -0.15) is 0 Å². The zero-order valence-electron chi connectivity index (χ0n) is 8.01. The number of benzene rings is 1. The van der Waals surface area contributed by atoms with Gasteiger partial charge in [0, 0.05) is 17.8 Å².